The van der Waals surface area contributed by atoms with Gasteiger partial charge in [-0.25, -0.2) is 0 Å². The van der Waals surface area contributed by atoms with Gasteiger partial charge in [0, 0.05) is 52.3 Å². The van der Waals surface area contributed by atoms with E-state index in [1.807, 2.05) is 41.1 Å². The standard InChI is InChI=1S/C18H14Cl2N2O2/c1-12(22(23)24)8-14-11-21(18-5-3-2-4-16(14)18)10-13-6-7-15(19)9-17(13)20/h2-9,11H,10H2,1H3. The van der Waals surface area contributed by atoms with Crippen molar-refractivity contribution in [1.82, 2.24) is 4.57 Å². The van der Waals surface area contributed by atoms with E-state index >= 15 is 0 Å². The van der Waals surface area contributed by atoms with Crippen molar-refractivity contribution in [2.75, 3.05) is 0 Å². The SMILES string of the molecule is CC(=Cc1cn(Cc2ccc(Cl)cc2Cl)c2ccccc12)[N+](=O)[O-]. The number of rotatable bonds is 4. The van der Waals surface area contributed by atoms with Crippen LogP contribution in [0, 0.1) is 10.1 Å². The smallest absolute Gasteiger partial charge is 0.243 e. The molecule has 0 bridgehead atoms. The summed E-state index contributed by atoms with van der Waals surface area (Å²) >= 11 is 12.2. The second kappa shape index (κ2) is 6.67. The van der Waals surface area contributed by atoms with Crippen molar-refractivity contribution in [3.8, 4) is 0 Å². The van der Waals surface area contributed by atoms with E-state index in [1.165, 1.54) is 6.92 Å². The van der Waals surface area contributed by atoms with Gasteiger partial charge in [0.2, 0.25) is 5.70 Å². The molecular formula is C18H14Cl2N2O2. The van der Waals surface area contributed by atoms with Crippen molar-refractivity contribution in [3.63, 3.8) is 0 Å². The van der Waals surface area contributed by atoms with Crippen LogP contribution in [0.4, 0.5) is 0 Å². The first-order valence-electron chi connectivity index (χ1n) is 7.30. The van der Waals surface area contributed by atoms with E-state index in [0.717, 1.165) is 22.0 Å². The third kappa shape index (κ3) is 3.30. The van der Waals surface area contributed by atoms with Gasteiger partial charge in [0.25, 0.3) is 0 Å². The molecule has 0 saturated carbocycles. The second-order valence-corrected chi connectivity index (χ2v) is 6.35. The van der Waals surface area contributed by atoms with Crippen LogP contribution in [0.5, 0.6) is 0 Å². The normalized spacial score (nSPS) is 11.9. The monoisotopic (exact) mass is 360 g/mol. The number of nitro groups is 1. The molecular weight excluding hydrogens is 347 g/mol. The van der Waals surface area contributed by atoms with E-state index in [0.29, 0.717) is 16.6 Å². The predicted octanol–water partition coefficient (Wildman–Crippen LogP) is 5.63. The minimum absolute atomic E-state index is 0.0995. The van der Waals surface area contributed by atoms with Crippen LogP contribution in [0.3, 0.4) is 0 Å². The Labute approximate surface area is 149 Å². The average Bonchev–Trinajstić information content (AvgIpc) is 2.88. The molecule has 0 fully saturated rings. The molecule has 6 heteroatoms. The molecule has 1 aromatic heterocycles. The van der Waals surface area contributed by atoms with Gasteiger partial charge in [0.1, 0.15) is 0 Å². The molecule has 0 atom stereocenters. The van der Waals surface area contributed by atoms with Crippen LogP contribution >= 0.6 is 23.2 Å². The van der Waals surface area contributed by atoms with Gasteiger partial charge in [-0.3, -0.25) is 10.1 Å². The number of hydrogen-bond donors (Lipinski definition) is 0. The molecule has 0 spiro atoms. The highest BCUT2D eigenvalue weighted by Gasteiger charge is 2.11. The Kier molecular flexibility index (Phi) is 4.60. The van der Waals surface area contributed by atoms with Gasteiger partial charge < -0.3 is 4.57 Å². The molecule has 122 valence electrons. The van der Waals surface area contributed by atoms with Crippen LogP contribution in [0.2, 0.25) is 10.0 Å². The Balaban J connectivity index is 2.09. The lowest BCUT2D eigenvalue weighted by Gasteiger charge is -2.08. The third-order valence-corrected chi connectivity index (χ3v) is 4.41. The third-order valence-electron chi connectivity index (χ3n) is 3.83. The van der Waals surface area contributed by atoms with Crippen molar-refractivity contribution >= 4 is 40.2 Å². The van der Waals surface area contributed by atoms with Gasteiger partial charge in [-0.15, -0.1) is 0 Å². The molecule has 0 aliphatic rings. The molecule has 0 aliphatic heterocycles. The highest BCUT2D eigenvalue weighted by molar-refractivity contribution is 6.35. The van der Waals surface area contributed by atoms with Crippen LogP contribution in [0.25, 0.3) is 17.0 Å². The lowest BCUT2D eigenvalue weighted by atomic mass is 10.1. The number of hydrogen-bond acceptors (Lipinski definition) is 2. The van der Waals surface area contributed by atoms with Crippen LogP contribution in [0.15, 0.2) is 54.4 Å². The summed E-state index contributed by atoms with van der Waals surface area (Å²) in [5.41, 5.74) is 2.83. The zero-order valence-corrected chi connectivity index (χ0v) is 14.4. The second-order valence-electron chi connectivity index (χ2n) is 5.51. The highest BCUT2D eigenvalue weighted by Crippen LogP contribution is 2.27. The molecule has 1 heterocycles. The average molecular weight is 361 g/mol. The molecule has 24 heavy (non-hydrogen) atoms. The summed E-state index contributed by atoms with van der Waals surface area (Å²) in [7, 11) is 0. The summed E-state index contributed by atoms with van der Waals surface area (Å²) in [5, 5.41) is 13.1. The van der Waals surface area contributed by atoms with Crippen molar-refractivity contribution < 1.29 is 4.92 Å². The fourth-order valence-corrected chi connectivity index (χ4v) is 3.10. The molecule has 4 nitrogen and oxygen atoms in total. The number of benzene rings is 2. The van der Waals surface area contributed by atoms with E-state index in [2.05, 4.69) is 0 Å². The summed E-state index contributed by atoms with van der Waals surface area (Å²) in [6, 6.07) is 13.2. The van der Waals surface area contributed by atoms with Crippen LogP contribution < -0.4 is 0 Å². The first-order chi connectivity index (χ1) is 11.5. The summed E-state index contributed by atoms with van der Waals surface area (Å²) in [4.78, 5) is 10.5. The Bertz CT molecular complexity index is 961. The summed E-state index contributed by atoms with van der Waals surface area (Å²) < 4.78 is 2.03. The van der Waals surface area contributed by atoms with E-state index in [1.54, 1.807) is 18.2 Å². The number of fused-ring (bicyclic) bond motifs is 1. The van der Waals surface area contributed by atoms with Gasteiger partial charge in [-0.2, -0.15) is 0 Å². The lowest BCUT2D eigenvalue weighted by Crippen LogP contribution is -1.98. The molecule has 0 radical (unpaired) electrons. The Morgan fingerprint density at radius 2 is 2.00 bits per heavy atom. The maximum Gasteiger partial charge on any atom is 0.243 e. The van der Waals surface area contributed by atoms with Crippen LogP contribution in [-0.2, 0) is 6.54 Å². The quantitative estimate of drug-likeness (QED) is 0.446. The molecule has 0 amide bonds. The summed E-state index contributed by atoms with van der Waals surface area (Å²) in [6.45, 7) is 2.05. The Morgan fingerprint density at radius 3 is 2.71 bits per heavy atom. The van der Waals surface area contributed by atoms with E-state index in [9.17, 15) is 10.1 Å². The molecule has 0 saturated heterocycles. The lowest BCUT2D eigenvalue weighted by molar-refractivity contribution is -0.422. The largest absolute Gasteiger partial charge is 0.342 e. The van der Waals surface area contributed by atoms with Crippen LogP contribution in [0.1, 0.15) is 18.1 Å². The molecule has 0 N–H and O–H groups in total. The number of allylic oxidation sites excluding steroid dienone is 1. The van der Waals surface area contributed by atoms with Crippen molar-refractivity contribution in [1.29, 1.82) is 0 Å². The van der Waals surface area contributed by atoms with Gasteiger partial charge >= 0.3 is 0 Å². The maximum atomic E-state index is 10.9. The fourth-order valence-electron chi connectivity index (χ4n) is 2.63. The number of halogens is 2. The molecule has 3 rings (SSSR count). The summed E-state index contributed by atoms with van der Waals surface area (Å²) in [5.74, 6) is 0. The Morgan fingerprint density at radius 1 is 1.25 bits per heavy atom. The van der Waals surface area contributed by atoms with E-state index in [4.69, 9.17) is 23.2 Å². The Hall–Kier alpha value is -2.30. The first-order valence-corrected chi connectivity index (χ1v) is 8.06. The first kappa shape index (κ1) is 16.6. The zero-order valence-electron chi connectivity index (χ0n) is 12.9. The minimum Gasteiger partial charge on any atom is -0.342 e. The van der Waals surface area contributed by atoms with Crippen LogP contribution in [-0.4, -0.2) is 9.49 Å². The van der Waals surface area contributed by atoms with E-state index in [-0.39, 0.29) is 10.6 Å². The van der Waals surface area contributed by atoms with Crippen molar-refractivity contribution in [2.45, 2.75) is 13.5 Å². The molecule has 0 aliphatic carbocycles. The topological polar surface area (TPSA) is 48.1 Å². The van der Waals surface area contributed by atoms with E-state index < -0.39 is 0 Å². The van der Waals surface area contributed by atoms with Crippen molar-refractivity contribution in [3.05, 3.63) is 85.6 Å². The molecule has 3 aromatic rings. The molecule has 0 unspecified atom stereocenters. The maximum absolute atomic E-state index is 10.9. The fraction of sp³-hybridized carbons (Fsp3) is 0.111. The van der Waals surface area contributed by atoms with Gasteiger partial charge in [-0.1, -0.05) is 47.5 Å². The number of nitrogens with zero attached hydrogens (tertiary/aromatic N) is 2. The number of aromatic nitrogens is 1. The van der Waals surface area contributed by atoms with Gasteiger partial charge in [0.15, 0.2) is 0 Å². The predicted molar refractivity (Wildman–Crippen MR) is 98.1 cm³/mol. The molecule has 2 aromatic carbocycles. The minimum atomic E-state index is -0.387. The van der Waals surface area contributed by atoms with Gasteiger partial charge in [0.05, 0.1) is 4.92 Å². The highest BCUT2D eigenvalue weighted by atomic mass is 35.5. The van der Waals surface area contributed by atoms with Gasteiger partial charge in [-0.05, 0) is 23.8 Å². The number of para-hydroxylation sites is 1. The summed E-state index contributed by atoms with van der Waals surface area (Å²) in [6.07, 6.45) is 3.49. The zero-order chi connectivity index (χ0) is 17.3. The van der Waals surface area contributed by atoms with Crippen molar-refractivity contribution in [2.24, 2.45) is 0 Å².